The molecule has 0 aliphatic heterocycles. The van der Waals surface area contributed by atoms with Crippen molar-refractivity contribution in [1.82, 2.24) is 9.97 Å². The van der Waals surface area contributed by atoms with Gasteiger partial charge >= 0.3 is 0 Å². The summed E-state index contributed by atoms with van der Waals surface area (Å²) < 4.78 is 5.03. The van der Waals surface area contributed by atoms with Gasteiger partial charge < -0.3 is 10.5 Å². The first-order chi connectivity index (χ1) is 8.60. The summed E-state index contributed by atoms with van der Waals surface area (Å²) in [4.78, 5) is 19.2. The highest BCUT2D eigenvalue weighted by molar-refractivity contribution is 5.94. The van der Waals surface area contributed by atoms with Crippen molar-refractivity contribution in [3.8, 4) is 17.1 Å². The maximum absolute atomic E-state index is 11.2. The molecule has 0 radical (unpaired) electrons. The average Bonchev–Trinajstić information content (AvgIpc) is 2.38. The van der Waals surface area contributed by atoms with Crippen LogP contribution in [0.2, 0.25) is 0 Å². The van der Waals surface area contributed by atoms with E-state index in [0.29, 0.717) is 17.1 Å². The first-order valence-electron chi connectivity index (χ1n) is 5.40. The maximum atomic E-state index is 11.2. The molecule has 0 unspecified atom stereocenters. The van der Waals surface area contributed by atoms with Gasteiger partial charge in [0.05, 0.1) is 12.8 Å². The van der Waals surface area contributed by atoms with Crippen LogP contribution in [0.1, 0.15) is 17.3 Å². The lowest BCUT2D eigenvalue weighted by Gasteiger charge is -2.05. The molecule has 2 aromatic rings. The van der Waals surface area contributed by atoms with Crippen LogP contribution in [0.25, 0.3) is 11.3 Å². The topological polar surface area (TPSA) is 78.1 Å². The van der Waals surface area contributed by atoms with Gasteiger partial charge in [0, 0.05) is 17.2 Å². The minimum atomic E-state index is 0.0290. The summed E-state index contributed by atoms with van der Waals surface area (Å²) in [5.41, 5.74) is 7.77. The van der Waals surface area contributed by atoms with Gasteiger partial charge in [-0.25, -0.2) is 4.98 Å². The van der Waals surface area contributed by atoms with Crippen LogP contribution in [0, 0.1) is 0 Å². The number of ketones is 1. The molecule has 1 aromatic heterocycles. The second kappa shape index (κ2) is 4.83. The van der Waals surface area contributed by atoms with Gasteiger partial charge in [-0.05, 0) is 6.92 Å². The molecular weight excluding hydrogens is 230 g/mol. The van der Waals surface area contributed by atoms with Crippen LogP contribution in [0.5, 0.6) is 5.88 Å². The maximum Gasteiger partial charge on any atom is 0.223 e. The van der Waals surface area contributed by atoms with Gasteiger partial charge in [0.2, 0.25) is 11.8 Å². The number of aromatic nitrogens is 2. The molecule has 0 fully saturated rings. The smallest absolute Gasteiger partial charge is 0.223 e. The lowest BCUT2D eigenvalue weighted by atomic mass is 10.1. The second-order valence-corrected chi connectivity index (χ2v) is 3.79. The molecule has 0 bridgehead atoms. The second-order valence-electron chi connectivity index (χ2n) is 3.79. The Morgan fingerprint density at radius 3 is 2.44 bits per heavy atom. The van der Waals surface area contributed by atoms with E-state index in [9.17, 15) is 4.79 Å². The van der Waals surface area contributed by atoms with Gasteiger partial charge in [-0.3, -0.25) is 4.79 Å². The number of carbonyl (C=O) groups is 1. The van der Waals surface area contributed by atoms with Crippen LogP contribution in [0.4, 0.5) is 5.95 Å². The molecule has 18 heavy (non-hydrogen) atoms. The quantitative estimate of drug-likeness (QED) is 0.833. The number of hydrogen-bond donors (Lipinski definition) is 1. The van der Waals surface area contributed by atoms with Crippen molar-refractivity contribution >= 4 is 11.7 Å². The van der Waals surface area contributed by atoms with Crippen LogP contribution < -0.4 is 10.5 Å². The molecule has 0 saturated carbocycles. The van der Waals surface area contributed by atoms with Crippen LogP contribution in [-0.4, -0.2) is 22.9 Å². The van der Waals surface area contributed by atoms with Crippen molar-refractivity contribution in [1.29, 1.82) is 0 Å². The lowest BCUT2D eigenvalue weighted by molar-refractivity contribution is 0.101. The Morgan fingerprint density at radius 2 is 1.89 bits per heavy atom. The van der Waals surface area contributed by atoms with Crippen molar-refractivity contribution in [2.45, 2.75) is 6.92 Å². The van der Waals surface area contributed by atoms with Gasteiger partial charge in [-0.2, -0.15) is 4.98 Å². The van der Waals surface area contributed by atoms with Crippen molar-refractivity contribution in [2.24, 2.45) is 0 Å². The number of nitrogen functional groups attached to an aromatic ring is 1. The predicted molar refractivity (Wildman–Crippen MR) is 68.4 cm³/mol. The summed E-state index contributed by atoms with van der Waals surface area (Å²) in [6, 6.07) is 8.83. The number of benzene rings is 1. The third-order valence-electron chi connectivity index (χ3n) is 2.52. The van der Waals surface area contributed by atoms with E-state index in [0.717, 1.165) is 5.56 Å². The Balaban J connectivity index is 2.42. The van der Waals surface area contributed by atoms with Gasteiger partial charge in [0.15, 0.2) is 5.78 Å². The van der Waals surface area contributed by atoms with Crippen LogP contribution in [0.3, 0.4) is 0 Å². The Morgan fingerprint density at radius 1 is 1.22 bits per heavy atom. The number of ether oxygens (including phenoxy) is 1. The largest absolute Gasteiger partial charge is 0.481 e. The van der Waals surface area contributed by atoms with E-state index in [1.807, 2.05) is 12.1 Å². The van der Waals surface area contributed by atoms with E-state index >= 15 is 0 Å². The molecular formula is C13H13N3O2. The van der Waals surface area contributed by atoms with Crippen molar-refractivity contribution in [3.63, 3.8) is 0 Å². The van der Waals surface area contributed by atoms with Gasteiger partial charge in [-0.15, -0.1) is 0 Å². The average molecular weight is 243 g/mol. The monoisotopic (exact) mass is 243 g/mol. The van der Waals surface area contributed by atoms with Crippen LogP contribution in [-0.2, 0) is 0 Å². The molecule has 1 heterocycles. The minimum Gasteiger partial charge on any atom is -0.481 e. The molecule has 0 atom stereocenters. The van der Waals surface area contributed by atoms with Gasteiger partial charge in [-0.1, -0.05) is 24.3 Å². The van der Waals surface area contributed by atoms with E-state index in [1.165, 1.54) is 14.0 Å². The van der Waals surface area contributed by atoms with Crippen LogP contribution >= 0.6 is 0 Å². The summed E-state index contributed by atoms with van der Waals surface area (Å²) in [6.07, 6.45) is 0. The fraction of sp³-hybridized carbons (Fsp3) is 0.154. The van der Waals surface area contributed by atoms with Gasteiger partial charge in [0.25, 0.3) is 0 Å². The first-order valence-corrected chi connectivity index (χ1v) is 5.40. The number of rotatable bonds is 3. The Kier molecular flexibility index (Phi) is 3.23. The lowest BCUT2D eigenvalue weighted by Crippen LogP contribution is -1.99. The molecule has 5 heteroatoms. The normalized spacial score (nSPS) is 10.1. The molecule has 1 aromatic carbocycles. The SMILES string of the molecule is COc1cc(-c2ccc(C(C)=O)cc2)nc(N)n1. The van der Waals surface area contributed by atoms with E-state index in [2.05, 4.69) is 9.97 Å². The van der Waals surface area contributed by atoms with E-state index in [1.54, 1.807) is 18.2 Å². The zero-order valence-electron chi connectivity index (χ0n) is 10.2. The number of hydrogen-bond acceptors (Lipinski definition) is 5. The molecule has 2 N–H and O–H groups in total. The zero-order valence-corrected chi connectivity index (χ0v) is 10.2. The van der Waals surface area contributed by atoms with E-state index in [-0.39, 0.29) is 11.7 Å². The third kappa shape index (κ3) is 2.45. The van der Waals surface area contributed by atoms with Crippen LogP contribution in [0.15, 0.2) is 30.3 Å². The summed E-state index contributed by atoms with van der Waals surface area (Å²) in [5, 5.41) is 0. The fourth-order valence-electron chi connectivity index (χ4n) is 1.57. The van der Waals surface area contributed by atoms with E-state index in [4.69, 9.17) is 10.5 Å². The number of anilines is 1. The highest BCUT2D eigenvalue weighted by Crippen LogP contribution is 2.22. The summed E-state index contributed by atoms with van der Waals surface area (Å²) in [5.74, 6) is 0.592. The van der Waals surface area contributed by atoms with E-state index < -0.39 is 0 Å². The Hall–Kier alpha value is -2.43. The number of carbonyl (C=O) groups excluding carboxylic acids is 1. The highest BCUT2D eigenvalue weighted by atomic mass is 16.5. The molecule has 0 spiro atoms. The highest BCUT2D eigenvalue weighted by Gasteiger charge is 2.06. The molecule has 0 amide bonds. The molecule has 0 aliphatic rings. The molecule has 5 nitrogen and oxygen atoms in total. The number of nitrogens with two attached hydrogens (primary N) is 1. The minimum absolute atomic E-state index is 0.0290. The molecule has 0 aliphatic carbocycles. The molecule has 92 valence electrons. The van der Waals surface area contributed by atoms with Gasteiger partial charge in [0.1, 0.15) is 0 Å². The van der Waals surface area contributed by atoms with Crippen molar-refractivity contribution < 1.29 is 9.53 Å². The van der Waals surface area contributed by atoms with Crippen molar-refractivity contribution in [3.05, 3.63) is 35.9 Å². The molecule has 2 rings (SSSR count). The number of nitrogens with zero attached hydrogens (tertiary/aromatic N) is 2. The molecule has 0 saturated heterocycles. The summed E-state index contributed by atoms with van der Waals surface area (Å²) in [6.45, 7) is 1.53. The standard InChI is InChI=1S/C13H13N3O2/c1-8(17)9-3-5-10(6-4-9)11-7-12(18-2)16-13(14)15-11/h3-7H,1-2H3,(H2,14,15,16). The predicted octanol–water partition coefficient (Wildman–Crippen LogP) is 1.94. The number of Topliss-reactive ketones (excluding diaryl/α,β-unsaturated/α-hetero) is 1. The fourth-order valence-corrected chi connectivity index (χ4v) is 1.57. The summed E-state index contributed by atoms with van der Waals surface area (Å²) >= 11 is 0. The Labute approximate surface area is 105 Å². The first kappa shape index (κ1) is 12.0. The van der Waals surface area contributed by atoms with Crippen molar-refractivity contribution in [2.75, 3.05) is 12.8 Å². The third-order valence-corrected chi connectivity index (χ3v) is 2.52. The summed E-state index contributed by atoms with van der Waals surface area (Å²) in [7, 11) is 1.52. The zero-order chi connectivity index (χ0) is 13.1. The Bertz CT molecular complexity index is 579. The number of methoxy groups -OCH3 is 1.